The summed E-state index contributed by atoms with van der Waals surface area (Å²) < 4.78 is 1.99. The number of aryl methyl sites for hydroxylation is 1. The molecule has 4 aromatic heterocycles. The predicted octanol–water partition coefficient (Wildman–Crippen LogP) is 5.02. The van der Waals surface area contributed by atoms with Gasteiger partial charge in [-0.3, -0.25) is 0 Å². The van der Waals surface area contributed by atoms with Gasteiger partial charge in [0.05, 0.1) is 0 Å². The normalized spacial score (nSPS) is 17.3. The molecule has 2 aliphatic heterocycles. The van der Waals surface area contributed by atoms with Crippen molar-refractivity contribution in [1.29, 1.82) is 0 Å². The van der Waals surface area contributed by atoms with Gasteiger partial charge in [0.1, 0.15) is 23.1 Å². The van der Waals surface area contributed by atoms with E-state index in [1.165, 1.54) is 50.8 Å². The first-order chi connectivity index (χ1) is 18.2. The maximum Gasteiger partial charge on any atom is 0.232 e. The number of rotatable bonds is 7. The molecule has 2 aliphatic rings. The molecule has 2 saturated heterocycles. The maximum absolute atomic E-state index is 4.92. The van der Waals surface area contributed by atoms with E-state index in [1.807, 2.05) is 41.2 Å². The van der Waals surface area contributed by atoms with Crippen LogP contribution < -0.4 is 15.5 Å². The summed E-state index contributed by atoms with van der Waals surface area (Å²) in [7, 11) is 0. The highest BCUT2D eigenvalue weighted by molar-refractivity contribution is 5.65. The molecule has 37 heavy (non-hydrogen) atoms. The van der Waals surface area contributed by atoms with E-state index in [-0.39, 0.29) is 0 Å². The van der Waals surface area contributed by atoms with E-state index < -0.39 is 0 Å². The summed E-state index contributed by atoms with van der Waals surface area (Å²) in [6.45, 7) is 6.65. The fraction of sp³-hybridized carbons (Fsp3) is 0.429. The Labute approximate surface area is 218 Å². The van der Waals surface area contributed by atoms with E-state index in [2.05, 4.69) is 49.5 Å². The molecule has 0 radical (unpaired) electrons. The van der Waals surface area contributed by atoms with E-state index in [1.54, 1.807) is 6.20 Å². The smallest absolute Gasteiger partial charge is 0.232 e. The van der Waals surface area contributed by atoms with Crippen molar-refractivity contribution in [3.05, 3.63) is 60.7 Å². The van der Waals surface area contributed by atoms with Crippen LogP contribution in [0.25, 0.3) is 5.65 Å². The zero-order valence-electron chi connectivity index (χ0n) is 21.5. The molecule has 0 atom stereocenters. The first-order valence-electron chi connectivity index (χ1n) is 13.5. The van der Waals surface area contributed by atoms with Crippen LogP contribution in [0.3, 0.4) is 0 Å². The number of likely N-dealkylation sites (tertiary alicyclic amines) is 1. The van der Waals surface area contributed by atoms with Crippen molar-refractivity contribution in [2.24, 2.45) is 0 Å². The highest BCUT2D eigenvalue weighted by atomic mass is 15.3. The van der Waals surface area contributed by atoms with Crippen molar-refractivity contribution in [2.75, 3.05) is 41.7 Å². The average molecular weight is 498 g/mol. The van der Waals surface area contributed by atoms with Crippen LogP contribution in [0.5, 0.6) is 0 Å². The van der Waals surface area contributed by atoms with Gasteiger partial charge in [0.25, 0.3) is 0 Å². The Bertz CT molecular complexity index is 1340. The van der Waals surface area contributed by atoms with E-state index in [9.17, 15) is 0 Å². The third-order valence-electron chi connectivity index (χ3n) is 7.55. The number of aromatic nitrogens is 5. The Morgan fingerprint density at radius 3 is 2.54 bits per heavy atom. The minimum Gasteiger partial charge on any atom is -0.356 e. The van der Waals surface area contributed by atoms with Crippen molar-refractivity contribution >= 4 is 34.7 Å². The molecule has 4 aromatic rings. The summed E-state index contributed by atoms with van der Waals surface area (Å²) in [6.07, 6.45) is 14.9. The van der Waals surface area contributed by atoms with Crippen molar-refractivity contribution in [3.63, 3.8) is 0 Å². The van der Waals surface area contributed by atoms with Crippen LogP contribution in [0.1, 0.15) is 44.6 Å². The van der Waals surface area contributed by atoms with E-state index in [0.717, 1.165) is 48.3 Å². The molecule has 6 heterocycles. The van der Waals surface area contributed by atoms with Gasteiger partial charge < -0.3 is 24.8 Å². The summed E-state index contributed by atoms with van der Waals surface area (Å²) in [5, 5.41) is 6.82. The summed E-state index contributed by atoms with van der Waals surface area (Å²) in [5.41, 5.74) is 3.04. The molecular formula is C28H35N9. The lowest BCUT2D eigenvalue weighted by atomic mass is 10.00. The molecule has 0 saturated carbocycles. The number of fused-ring (bicyclic) bond motifs is 1. The van der Waals surface area contributed by atoms with Gasteiger partial charge in [-0.05, 0) is 69.0 Å². The van der Waals surface area contributed by atoms with Gasteiger partial charge in [-0.15, -0.1) is 0 Å². The molecule has 0 aromatic carbocycles. The minimum absolute atomic E-state index is 0.542. The minimum atomic E-state index is 0.542. The molecule has 0 spiro atoms. The van der Waals surface area contributed by atoms with Gasteiger partial charge >= 0.3 is 0 Å². The fourth-order valence-corrected chi connectivity index (χ4v) is 5.47. The molecular weight excluding hydrogens is 462 g/mol. The molecule has 0 amide bonds. The Morgan fingerprint density at radius 1 is 0.838 bits per heavy atom. The molecule has 0 unspecified atom stereocenters. The van der Waals surface area contributed by atoms with Crippen LogP contribution in [-0.4, -0.2) is 61.5 Å². The van der Waals surface area contributed by atoms with Crippen molar-refractivity contribution in [1.82, 2.24) is 29.2 Å². The van der Waals surface area contributed by atoms with Crippen LogP contribution in [0.4, 0.5) is 29.1 Å². The van der Waals surface area contributed by atoms with Gasteiger partial charge in [0.2, 0.25) is 5.95 Å². The molecule has 192 valence electrons. The molecule has 2 fully saturated rings. The van der Waals surface area contributed by atoms with E-state index in [0.29, 0.717) is 12.0 Å². The van der Waals surface area contributed by atoms with Crippen molar-refractivity contribution < 1.29 is 0 Å². The largest absolute Gasteiger partial charge is 0.356 e. The average Bonchev–Trinajstić information content (AvgIpc) is 3.42. The van der Waals surface area contributed by atoms with E-state index in [4.69, 9.17) is 9.97 Å². The predicted molar refractivity (Wildman–Crippen MR) is 148 cm³/mol. The van der Waals surface area contributed by atoms with Gasteiger partial charge in [-0.25, -0.2) is 9.97 Å². The Balaban J connectivity index is 1.25. The summed E-state index contributed by atoms with van der Waals surface area (Å²) in [6, 6.07) is 10.9. The van der Waals surface area contributed by atoms with E-state index >= 15 is 0 Å². The zero-order chi connectivity index (χ0) is 25.0. The molecule has 0 aliphatic carbocycles. The number of hydrogen-bond donors (Lipinski definition) is 2. The second kappa shape index (κ2) is 10.7. The lowest BCUT2D eigenvalue weighted by molar-refractivity contribution is 0.141. The van der Waals surface area contributed by atoms with Crippen molar-refractivity contribution in [2.45, 2.75) is 51.5 Å². The van der Waals surface area contributed by atoms with Gasteiger partial charge in [0.15, 0.2) is 0 Å². The number of piperidine rings is 2. The fourth-order valence-electron chi connectivity index (χ4n) is 5.47. The first kappa shape index (κ1) is 23.7. The Morgan fingerprint density at radius 2 is 1.70 bits per heavy atom. The molecule has 2 N–H and O–H groups in total. The standard InChI is InChI=1S/C28H35N9/c1-2-21-6-10-29-24(18-21)32-28-33-25(31-22-7-14-37-17-11-30-26(37)19-22)20-27(34-28)36-15-8-23(9-16-36)35-12-4-3-5-13-35/h6-7,10-11,14,17-20,23H,2-5,8-9,12-13,15-16H2,1H3,(H2,29,31,32,33,34). The number of imidazole rings is 1. The zero-order valence-corrected chi connectivity index (χ0v) is 21.5. The Hall–Kier alpha value is -3.72. The van der Waals surface area contributed by atoms with Crippen LogP contribution in [0.2, 0.25) is 0 Å². The van der Waals surface area contributed by atoms with Crippen LogP contribution >= 0.6 is 0 Å². The lowest BCUT2D eigenvalue weighted by Crippen LogP contribution is -2.47. The first-order valence-corrected chi connectivity index (χ1v) is 13.5. The van der Waals surface area contributed by atoms with Crippen molar-refractivity contribution in [3.8, 4) is 0 Å². The highest BCUT2D eigenvalue weighted by Crippen LogP contribution is 2.28. The number of hydrogen-bond acceptors (Lipinski definition) is 8. The van der Waals surface area contributed by atoms with Crippen LogP contribution in [0, 0.1) is 0 Å². The molecule has 9 nitrogen and oxygen atoms in total. The van der Waals surface area contributed by atoms with Crippen LogP contribution in [0.15, 0.2) is 55.1 Å². The highest BCUT2D eigenvalue weighted by Gasteiger charge is 2.26. The SMILES string of the molecule is CCc1ccnc(Nc2nc(Nc3ccn4ccnc4c3)cc(N3CCC(N4CCCCC4)CC3)n2)c1. The summed E-state index contributed by atoms with van der Waals surface area (Å²) >= 11 is 0. The molecule has 6 rings (SSSR count). The number of anilines is 5. The second-order valence-corrected chi connectivity index (χ2v) is 10.0. The molecule has 9 heteroatoms. The topological polar surface area (TPSA) is 86.5 Å². The second-order valence-electron chi connectivity index (χ2n) is 10.0. The summed E-state index contributed by atoms with van der Waals surface area (Å²) in [5.74, 6) is 2.98. The molecule has 0 bridgehead atoms. The number of nitrogens with zero attached hydrogens (tertiary/aromatic N) is 7. The lowest BCUT2D eigenvalue weighted by Gasteiger charge is -2.40. The summed E-state index contributed by atoms with van der Waals surface area (Å²) in [4.78, 5) is 23.7. The number of pyridine rings is 2. The Kier molecular flexibility index (Phi) is 6.86. The maximum atomic E-state index is 4.92. The number of nitrogens with one attached hydrogen (secondary N) is 2. The quantitative estimate of drug-likeness (QED) is 0.368. The third-order valence-corrected chi connectivity index (χ3v) is 7.55. The third kappa shape index (κ3) is 5.51. The van der Waals surface area contributed by atoms with Gasteiger partial charge in [-0.2, -0.15) is 9.97 Å². The van der Waals surface area contributed by atoms with Crippen LogP contribution in [-0.2, 0) is 6.42 Å². The van der Waals surface area contributed by atoms with Gasteiger partial charge in [0, 0.05) is 61.7 Å². The monoisotopic (exact) mass is 497 g/mol. The van der Waals surface area contributed by atoms with Gasteiger partial charge in [-0.1, -0.05) is 13.3 Å².